The van der Waals surface area contributed by atoms with Gasteiger partial charge in [0.2, 0.25) is 0 Å². The topological polar surface area (TPSA) is 88.9 Å². The van der Waals surface area contributed by atoms with Crippen LogP contribution in [0.15, 0.2) is 12.3 Å². The van der Waals surface area contributed by atoms with E-state index in [4.69, 9.17) is 5.11 Å². The SMILES string of the molecule is CCc1nc(-c2ccnc(C)n2)nc(CC)c1CC(=O)O. The number of carbonyl (C=O) groups is 1. The molecule has 2 aromatic heterocycles. The van der Waals surface area contributed by atoms with Crippen molar-refractivity contribution in [3.63, 3.8) is 0 Å². The normalized spacial score (nSPS) is 10.6. The summed E-state index contributed by atoms with van der Waals surface area (Å²) in [5, 5.41) is 9.05. The van der Waals surface area contributed by atoms with Gasteiger partial charge in [-0.05, 0) is 25.8 Å². The maximum absolute atomic E-state index is 11.0. The molecular formula is C15H18N4O2. The minimum atomic E-state index is -0.867. The van der Waals surface area contributed by atoms with E-state index in [2.05, 4.69) is 19.9 Å². The molecule has 0 amide bonds. The zero-order chi connectivity index (χ0) is 15.4. The second-order valence-corrected chi connectivity index (χ2v) is 4.69. The largest absolute Gasteiger partial charge is 0.481 e. The molecule has 0 saturated heterocycles. The van der Waals surface area contributed by atoms with Crippen molar-refractivity contribution in [3.05, 3.63) is 35.0 Å². The highest BCUT2D eigenvalue weighted by molar-refractivity contribution is 5.71. The monoisotopic (exact) mass is 286 g/mol. The van der Waals surface area contributed by atoms with Gasteiger partial charge >= 0.3 is 5.97 Å². The van der Waals surface area contributed by atoms with Crippen LogP contribution in [-0.2, 0) is 24.1 Å². The fourth-order valence-corrected chi connectivity index (χ4v) is 2.22. The Hall–Kier alpha value is -2.37. The van der Waals surface area contributed by atoms with Gasteiger partial charge in [0.1, 0.15) is 11.5 Å². The first kappa shape index (κ1) is 15.0. The number of rotatable bonds is 5. The van der Waals surface area contributed by atoms with Gasteiger partial charge < -0.3 is 5.11 Å². The summed E-state index contributed by atoms with van der Waals surface area (Å²) in [6.45, 7) is 5.73. The Balaban J connectivity index is 2.57. The van der Waals surface area contributed by atoms with Crippen LogP contribution in [0.1, 0.15) is 36.6 Å². The molecule has 2 rings (SSSR count). The minimum Gasteiger partial charge on any atom is -0.481 e. The van der Waals surface area contributed by atoms with Gasteiger partial charge in [-0.25, -0.2) is 19.9 Å². The summed E-state index contributed by atoms with van der Waals surface area (Å²) in [5.41, 5.74) is 2.93. The Kier molecular flexibility index (Phi) is 4.57. The van der Waals surface area contributed by atoms with E-state index in [9.17, 15) is 4.79 Å². The smallest absolute Gasteiger partial charge is 0.307 e. The van der Waals surface area contributed by atoms with E-state index in [1.807, 2.05) is 20.8 Å². The van der Waals surface area contributed by atoms with Crippen molar-refractivity contribution in [1.82, 2.24) is 19.9 Å². The molecule has 0 aliphatic rings. The van der Waals surface area contributed by atoms with E-state index in [0.29, 0.717) is 30.2 Å². The number of aryl methyl sites for hydroxylation is 3. The standard InChI is InChI=1S/C15H18N4O2/c1-4-11-10(8-14(20)21)12(5-2)19-15(18-11)13-6-7-16-9(3)17-13/h6-7H,4-5,8H2,1-3H3,(H,20,21). The van der Waals surface area contributed by atoms with Gasteiger partial charge in [0, 0.05) is 23.1 Å². The van der Waals surface area contributed by atoms with E-state index in [1.165, 1.54) is 0 Å². The van der Waals surface area contributed by atoms with Crippen molar-refractivity contribution in [2.45, 2.75) is 40.0 Å². The Morgan fingerprint density at radius 1 is 1.14 bits per heavy atom. The Labute approximate surface area is 123 Å². The number of aromatic nitrogens is 4. The van der Waals surface area contributed by atoms with Crippen molar-refractivity contribution in [3.8, 4) is 11.5 Å². The van der Waals surface area contributed by atoms with Crippen LogP contribution >= 0.6 is 0 Å². The maximum Gasteiger partial charge on any atom is 0.307 e. The van der Waals surface area contributed by atoms with Crippen LogP contribution in [0, 0.1) is 6.92 Å². The molecule has 0 atom stereocenters. The second kappa shape index (κ2) is 6.39. The third kappa shape index (κ3) is 3.39. The molecule has 0 radical (unpaired) electrons. The zero-order valence-corrected chi connectivity index (χ0v) is 12.4. The Morgan fingerprint density at radius 3 is 2.24 bits per heavy atom. The molecule has 0 aliphatic carbocycles. The van der Waals surface area contributed by atoms with Gasteiger partial charge in [0.05, 0.1) is 6.42 Å². The maximum atomic E-state index is 11.0. The van der Waals surface area contributed by atoms with Crippen LogP contribution in [0.4, 0.5) is 0 Å². The van der Waals surface area contributed by atoms with Gasteiger partial charge in [0.25, 0.3) is 0 Å². The molecule has 2 aromatic rings. The van der Waals surface area contributed by atoms with E-state index >= 15 is 0 Å². The minimum absolute atomic E-state index is 0.0462. The molecule has 0 bridgehead atoms. The third-order valence-corrected chi connectivity index (χ3v) is 3.18. The van der Waals surface area contributed by atoms with Crippen LogP contribution in [0.5, 0.6) is 0 Å². The van der Waals surface area contributed by atoms with Gasteiger partial charge in [-0.2, -0.15) is 0 Å². The summed E-state index contributed by atoms with van der Waals surface area (Å²) in [4.78, 5) is 28.4. The lowest BCUT2D eigenvalue weighted by molar-refractivity contribution is -0.136. The van der Waals surface area contributed by atoms with Gasteiger partial charge in [-0.1, -0.05) is 13.8 Å². The van der Waals surface area contributed by atoms with Gasteiger partial charge in [-0.15, -0.1) is 0 Å². The van der Waals surface area contributed by atoms with Crippen LogP contribution in [0.3, 0.4) is 0 Å². The number of aliphatic carboxylic acids is 1. The molecule has 0 aliphatic heterocycles. The number of hydrogen-bond donors (Lipinski definition) is 1. The lowest BCUT2D eigenvalue weighted by Crippen LogP contribution is -2.12. The zero-order valence-electron chi connectivity index (χ0n) is 12.4. The molecule has 0 fully saturated rings. The highest BCUT2D eigenvalue weighted by Crippen LogP contribution is 2.19. The van der Waals surface area contributed by atoms with Crippen LogP contribution in [-0.4, -0.2) is 31.0 Å². The first-order chi connectivity index (χ1) is 10.0. The molecule has 0 spiro atoms. The molecule has 1 N–H and O–H groups in total. The predicted molar refractivity (Wildman–Crippen MR) is 77.9 cm³/mol. The Morgan fingerprint density at radius 2 is 1.76 bits per heavy atom. The summed E-state index contributed by atoms with van der Waals surface area (Å²) >= 11 is 0. The summed E-state index contributed by atoms with van der Waals surface area (Å²) in [6, 6.07) is 1.76. The van der Waals surface area contributed by atoms with E-state index < -0.39 is 5.97 Å². The highest BCUT2D eigenvalue weighted by Gasteiger charge is 2.16. The summed E-state index contributed by atoms with van der Waals surface area (Å²) < 4.78 is 0. The first-order valence-corrected chi connectivity index (χ1v) is 6.95. The lowest BCUT2D eigenvalue weighted by atomic mass is 10.0. The first-order valence-electron chi connectivity index (χ1n) is 6.95. The summed E-state index contributed by atoms with van der Waals surface area (Å²) in [6.07, 6.45) is 2.95. The number of hydrogen-bond acceptors (Lipinski definition) is 5. The lowest BCUT2D eigenvalue weighted by Gasteiger charge is -2.12. The number of nitrogens with zero attached hydrogens (tertiary/aromatic N) is 4. The van der Waals surface area contributed by atoms with E-state index in [0.717, 1.165) is 17.0 Å². The van der Waals surface area contributed by atoms with Crippen molar-refractivity contribution in [1.29, 1.82) is 0 Å². The quantitative estimate of drug-likeness (QED) is 0.904. The molecule has 0 unspecified atom stereocenters. The summed E-state index contributed by atoms with van der Waals surface area (Å²) in [7, 11) is 0. The van der Waals surface area contributed by atoms with Crippen molar-refractivity contribution in [2.75, 3.05) is 0 Å². The highest BCUT2D eigenvalue weighted by atomic mass is 16.4. The van der Waals surface area contributed by atoms with E-state index in [-0.39, 0.29) is 6.42 Å². The molecule has 6 heteroatoms. The number of carboxylic acids is 1. The fraction of sp³-hybridized carbons (Fsp3) is 0.400. The van der Waals surface area contributed by atoms with Crippen LogP contribution in [0.2, 0.25) is 0 Å². The van der Waals surface area contributed by atoms with Crippen LogP contribution < -0.4 is 0 Å². The van der Waals surface area contributed by atoms with Crippen molar-refractivity contribution in [2.24, 2.45) is 0 Å². The molecule has 0 aromatic carbocycles. The molecule has 2 heterocycles. The second-order valence-electron chi connectivity index (χ2n) is 4.69. The van der Waals surface area contributed by atoms with Crippen molar-refractivity contribution >= 4 is 5.97 Å². The number of carboxylic acid groups (broad SMARTS) is 1. The van der Waals surface area contributed by atoms with E-state index in [1.54, 1.807) is 12.3 Å². The molecule has 110 valence electrons. The average Bonchev–Trinajstić information content (AvgIpc) is 2.46. The predicted octanol–water partition coefficient (Wildman–Crippen LogP) is 1.99. The molecule has 21 heavy (non-hydrogen) atoms. The fourth-order valence-electron chi connectivity index (χ4n) is 2.22. The van der Waals surface area contributed by atoms with Crippen LogP contribution in [0.25, 0.3) is 11.5 Å². The van der Waals surface area contributed by atoms with Gasteiger partial charge in [0.15, 0.2) is 5.82 Å². The molecule has 0 saturated carbocycles. The molecule has 6 nitrogen and oxygen atoms in total. The van der Waals surface area contributed by atoms with Gasteiger partial charge in [-0.3, -0.25) is 4.79 Å². The van der Waals surface area contributed by atoms with Crippen molar-refractivity contribution < 1.29 is 9.90 Å². The third-order valence-electron chi connectivity index (χ3n) is 3.18. The summed E-state index contributed by atoms with van der Waals surface area (Å²) in [5.74, 6) is 0.318. The average molecular weight is 286 g/mol. The Bertz CT molecular complexity index is 645. The molecular weight excluding hydrogens is 268 g/mol.